The Morgan fingerprint density at radius 1 is 0.619 bits per heavy atom. The van der Waals surface area contributed by atoms with Crippen molar-refractivity contribution >= 4 is 24.2 Å². The van der Waals surface area contributed by atoms with Crippen LogP contribution < -0.4 is 24.8 Å². The van der Waals surface area contributed by atoms with Crippen LogP contribution in [-0.4, -0.2) is 12.8 Å². The van der Waals surface area contributed by atoms with Crippen molar-refractivity contribution < 1.29 is 60.2 Å². The molecule has 108 valence electrons. The summed E-state index contributed by atoms with van der Waals surface area (Å²) in [5, 5.41) is 7.05. The Balaban J connectivity index is -0.000000270. The van der Waals surface area contributed by atoms with E-state index in [0.717, 1.165) is 0 Å². The maximum atomic E-state index is 9.81. The third kappa shape index (κ3) is 12.3. The predicted molar refractivity (Wildman–Crippen MR) is 71.1 cm³/mol. The molecular formula is C14H12Cl2HfN2O2. The van der Waals surface area contributed by atoms with E-state index < -0.39 is 0 Å². The third-order valence-corrected chi connectivity index (χ3v) is 1.92. The van der Waals surface area contributed by atoms with Crippen LogP contribution in [0, 0.1) is 0 Å². The van der Waals surface area contributed by atoms with Crippen molar-refractivity contribution in [1.29, 1.82) is 0 Å². The number of hydrogen-bond acceptors (Lipinski definition) is 2. The van der Waals surface area contributed by atoms with Gasteiger partial charge < -0.3 is 45.0 Å². The normalized spacial score (nSPS) is 7.24. The molecule has 7 heteroatoms. The third-order valence-electron chi connectivity index (χ3n) is 1.92. The standard InChI is InChI=1S/2C7H7NO.2ClH.Hf/c2*9-6-8-7-4-2-1-3-5-7;;;/h2*1-6H,(H,8,9);2*1H;/q;;;;+4/p-4. The van der Waals surface area contributed by atoms with Crippen LogP contribution in [0.4, 0.5) is 11.4 Å². The van der Waals surface area contributed by atoms with Gasteiger partial charge in [0.15, 0.2) is 0 Å². The average Bonchev–Trinajstić information content (AvgIpc) is 2.43. The first-order valence-corrected chi connectivity index (χ1v) is 5.26. The zero-order valence-corrected chi connectivity index (χ0v) is 16.0. The maximum Gasteiger partial charge on any atom is 4.00 e. The molecule has 2 amide bonds. The zero-order chi connectivity index (χ0) is 13.1. The smallest absolute Gasteiger partial charge is 1.00 e. The monoisotopic (exact) mass is 490 g/mol. The topological polar surface area (TPSA) is 62.3 Å². The summed E-state index contributed by atoms with van der Waals surface area (Å²) in [4.78, 5) is 19.6. The van der Waals surface area contributed by atoms with Gasteiger partial charge in [0.2, 0.25) is 0 Å². The number of para-hydroxylation sites is 2. The molecule has 0 atom stereocenters. The van der Waals surface area contributed by atoms with Gasteiger partial charge >= 0.3 is 25.8 Å². The van der Waals surface area contributed by atoms with Crippen molar-refractivity contribution in [3.63, 3.8) is 0 Å². The van der Waals surface area contributed by atoms with Crippen LogP contribution in [0.5, 0.6) is 0 Å². The number of halogens is 2. The van der Waals surface area contributed by atoms with E-state index in [1.165, 1.54) is 0 Å². The number of rotatable bonds is 4. The van der Waals surface area contributed by atoms with E-state index in [-0.39, 0.29) is 50.7 Å². The molecule has 2 rings (SSSR count). The average molecular weight is 490 g/mol. The fraction of sp³-hybridized carbons (Fsp3) is 0. The maximum absolute atomic E-state index is 9.81. The van der Waals surface area contributed by atoms with E-state index in [9.17, 15) is 9.59 Å². The number of carbonyl (C=O) groups is 2. The van der Waals surface area contributed by atoms with Crippen LogP contribution >= 0.6 is 0 Å². The largest absolute Gasteiger partial charge is 4.00 e. The van der Waals surface area contributed by atoms with Crippen LogP contribution in [0.25, 0.3) is 10.6 Å². The quantitative estimate of drug-likeness (QED) is 0.358. The minimum absolute atomic E-state index is 0. The van der Waals surface area contributed by atoms with Gasteiger partial charge in [-0.2, -0.15) is 0 Å². The van der Waals surface area contributed by atoms with E-state index in [4.69, 9.17) is 0 Å². The minimum atomic E-state index is 0. The first kappa shape index (κ1) is 24.8. The molecule has 0 aromatic heterocycles. The Bertz CT molecular complexity index is 427. The second-order valence-corrected chi connectivity index (χ2v) is 3.14. The van der Waals surface area contributed by atoms with Crippen molar-refractivity contribution in [3.8, 4) is 0 Å². The minimum Gasteiger partial charge on any atom is -1.00 e. The van der Waals surface area contributed by atoms with Gasteiger partial charge in [-0.1, -0.05) is 60.7 Å². The molecule has 0 aliphatic carbocycles. The number of nitrogens with zero attached hydrogens (tertiary/aromatic N) is 2. The number of carbonyl (C=O) groups excluding carboxylic acids is 2. The van der Waals surface area contributed by atoms with Crippen molar-refractivity contribution in [3.05, 3.63) is 71.3 Å². The number of hydrogen-bond donors (Lipinski definition) is 0. The van der Waals surface area contributed by atoms with Crippen LogP contribution in [0.3, 0.4) is 0 Å². The van der Waals surface area contributed by atoms with Gasteiger partial charge in [0, 0.05) is 12.8 Å². The zero-order valence-electron chi connectivity index (χ0n) is 10.9. The van der Waals surface area contributed by atoms with E-state index in [0.29, 0.717) is 24.2 Å². The van der Waals surface area contributed by atoms with Gasteiger partial charge in [-0.15, -0.1) is 11.4 Å². The van der Waals surface area contributed by atoms with Crippen LogP contribution in [0.15, 0.2) is 60.7 Å². The summed E-state index contributed by atoms with van der Waals surface area (Å²) in [6, 6.07) is 18.2. The fourth-order valence-electron chi connectivity index (χ4n) is 1.15. The Morgan fingerprint density at radius 2 is 0.905 bits per heavy atom. The summed E-state index contributed by atoms with van der Waals surface area (Å²) in [5.74, 6) is 0. The molecular weight excluding hydrogens is 478 g/mol. The van der Waals surface area contributed by atoms with Gasteiger partial charge in [0.25, 0.3) is 0 Å². The fourth-order valence-corrected chi connectivity index (χ4v) is 1.15. The Labute approximate surface area is 155 Å². The van der Waals surface area contributed by atoms with Crippen LogP contribution in [0.1, 0.15) is 0 Å². The second kappa shape index (κ2) is 16.9. The van der Waals surface area contributed by atoms with Gasteiger partial charge in [0.1, 0.15) is 0 Å². The molecule has 0 aliphatic rings. The summed E-state index contributed by atoms with van der Waals surface area (Å²) in [5.41, 5.74) is 1.40. The van der Waals surface area contributed by atoms with E-state index in [1.807, 2.05) is 36.4 Å². The summed E-state index contributed by atoms with van der Waals surface area (Å²) in [7, 11) is 0. The van der Waals surface area contributed by atoms with Gasteiger partial charge in [-0.05, 0) is 0 Å². The molecule has 0 saturated carbocycles. The van der Waals surface area contributed by atoms with Gasteiger partial charge in [-0.3, -0.25) is 0 Å². The summed E-state index contributed by atoms with van der Waals surface area (Å²) in [6.07, 6.45) is 1.07. The molecule has 0 heterocycles. The molecule has 0 fully saturated rings. The summed E-state index contributed by atoms with van der Waals surface area (Å²) >= 11 is 0. The van der Waals surface area contributed by atoms with Gasteiger partial charge in [-0.25, -0.2) is 0 Å². The molecule has 21 heavy (non-hydrogen) atoms. The van der Waals surface area contributed by atoms with Crippen LogP contribution in [0.2, 0.25) is 0 Å². The van der Waals surface area contributed by atoms with Crippen molar-refractivity contribution in [1.82, 2.24) is 0 Å². The van der Waals surface area contributed by atoms with Crippen LogP contribution in [-0.2, 0) is 35.4 Å². The molecule has 0 N–H and O–H groups in total. The summed E-state index contributed by atoms with van der Waals surface area (Å²) in [6.45, 7) is 0. The van der Waals surface area contributed by atoms with Crippen molar-refractivity contribution in [2.75, 3.05) is 0 Å². The molecule has 0 spiro atoms. The Hall–Kier alpha value is -1.17. The van der Waals surface area contributed by atoms with Gasteiger partial charge in [0.05, 0.1) is 0 Å². The second-order valence-electron chi connectivity index (χ2n) is 3.14. The predicted octanol–water partition coefficient (Wildman–Crippen LogP) is -2.30. The molecule has 2 aromatic rings. The van der Waals surface area contributed by atoms with E-state index in [2.05, 4.69) is 10.6 Å². The molecule has 0 radical (unpaired) electrons. The molecule has 0 saturated heterocycles. The van der Waals surface area contributed by atoms with Crippen molar-refractivity contribution in [2.24, 2.45) is 0 Å². The Kier molecular flexibility index (Phi) is 20.0. The number of benzene rings is 2. The van der Waals surface area contributed by atoms with Crippen molar-refractivity contribution in [2.45, 2.75) is 0 Å². The SMILES string of the molecule is O=C[N-]c1ccccc1.O=C[N-]c1ccccc1.[Cl-].[Cl-].[Hf+4]. The number of amides is 2. The first-order chi connectivity index (χ1) is 8.86. The summed E-state index contributed by atoms with van der Waals surface area (Å²) < 4.78 is 0. The molecule has 0 unspecified atom stereocenters. The van der Waals surface area contributed by atoms with E-state index >= 15 is 0 Å². The molecule has 0 aliphatic heterocycles. The first-order valence-electron chi connectivity index (χ1n) is 5.26. The molecule has 0 bridgehead atoms. The molecule has 4 nitrogen and oxygen atoms in total. The molecule has 2 aromatic carbocycles. The van der Waals surface area contributed by atoms with E-state index in [1.54, 1.807) is 24.3 Å². The Morgan fingerprint density at radius 3 is 1.14 bits per heavy atom.